The van der Waals surface area contributed by atoms with Gasteiger partial charge in [-0.1, -0.05) is 12.1 Å². The summed E-state index contributed by atoms with van der Waals surface area (Å²) in [6.07, 6.45) is -2.14. The summed E-state index contributed by atoms with van der Waals surface area (Å²) >= 11 is 0. The second-order valence-electron chi connectivity index (χ2n) is 4.02. The molecule has 92 valence electrons. The number of cyclic esters (lactones) is 1. The Bertz CT molecular complexity index is 629. The minimum absolute atomic E-state index is 0.103. The van der Waals surface area contributed by atoms with Crippen LogP contribution in [0.5, 0.6) is 0 Å². The van der Waals surface area contributed by atoms with Gasteiger partial charge < -0.3 is 14.9 Å². The minimum Gasteiger partial charge on any atom is -0.448 e. The maximum absolute atomic E-state index is 11.6. The number of para-hydroxylation sites is 2. The summed E-state index contributed by atoms with van der Waals surface area (Å²) in [5.41, 5.74) is 1.59. The van der Waals surface area contributed by atoms with Gasteiger partial charge in [0.15, 0.2) is 11.8 Å². The summed E-state index contributed by atoms with van der Waals surface area (Å²) in [5.74, 6) is -0.624. The Labute approximate surface area is 102 Å². The molecule has 0 fully saturated rings. The summed E-state index contributed by atoms with van der Waals surface area (Å²) in [7, 11) is 0. The molecular weight excluding hydrogens is 236 g/mol. The first kappa shape index (κ1) is 11.1. The van der Waals surface area contributed by atoms with Crippen molar-refractivity contribution in [2.24, 2.45) is 0 Å². The van der Waals surface area contributed by atoms with Crippen molar-refractivity contribution >= 4 is 17.0 Å². The van der Waals surface area contributed by atoms with Gasteiger partial charge in [-0.25, -0.2) is 14.8 Å². The monoisotopic (exact) mass is 246 g/mol. The van der Waals surface area contributed by atoms with E-state index in [1.165, 1.54) is 0 Å². The molecule has 2 N–H and O–H groups in total. The second kappa shape index (κ2) is 4.01. The van der Waals surface area contributed by atoms with Crippen LogP contribution in [0.3, 0.4) is 0 Å². The van der Waals surface area contributed by atoms with Gasteiger partial charge in [-0.2, -0.15) is 0 Å². The molecule has 0 amide bonds. The largest absolute Gasteiger partial charge is 0.448 e. The smallest absolute Gasteiger partial charge is 0.359 e. The van der Waals surface area contributed by atoms with E-state index in [1.807, 2.05) is 0 Å². The van der Waals surface area contributed by atoms with Crippen LogP contribution in [0, 0.1) is 0 Å². The van der Waals surface area contributed by atoms with Crippen molar-refractivity contribution in [2.75, 3.05) is 6.61 Å². The van der Waals surface area contributed by atoms with Crippen molar-refractivity contribution in [3.63, 3.8) is 0 Å². The lowest BCUT2D eigenvalue weighted by Crippen LogP contribution is -2.23. The van der Waals surface area contributed by atoms with E-state index in [9.17, 15) is 9.90 Å². The lowest BCUT2D eigenvalue weighted by molar-refractivity contribution is -0.0307. The molecule has 0 saturated heterocycles. The molecule has 1 aliphatic rings. The third-order valence-electron chi connectivity index (χ3n) is 2.83. The van der Waals surface area contributed by atoms with E-state index in [1.54, 1.807) is 24.3 Å². The van der Waals surface area contributed by atoms with E-state index in [0.717, 1.165) is 0 Å². The Morgan fingerprint density at radius 3 is 2.61 bits per heavy atom. The van der Waals surface area contributed by atoms with Gasteiger partial charge in [0.1, 0.15) is 11.8 Å². The van der Waals surface area contributed by atoms with E-state index in [4.69, 9.17) is 9.84 Å². The van der Waals surface area contributed by atoms with Gasteiger partial charge >= 0.3 is 5.97 Å². The van der Waals surface area contributed by atoms with Gasteiger partial charge in [-0.3, -0.25) is 0 Å². The van der Waals surface area contributed by atoms with Crippen molar-refractivity contribution in [3.05, 3.63) is 35.7 Å². The van der Waals surface area contributed by atoms with Crippen LogP contribution < -0.4 is 0 Å². The number of fused-ring (bicyclic) bond motifs is 2. The first-order valence-corrected chi connectivity index (χ1v) is 5.47. The van der Waals surface area contributed by atoms with E-state index in [-0.39, 0.29) is 11.4 Å². The van der Waals surface area contributed by atoms with Crippen molar-refractivity contribution < 1.29 is 19.7 Å². The van der Waals surface area contributed by atoms with Gasteiger partial charge in [0.2, 0.25) is 0 Å². The number of ether oxygens (including phenoxy) is 1. The van der Waals surface area contributed by atoms with Crippen LogP contribution in [-0.2, 0) is 4.74 Å². The topological polar surface area (TPSA) is 92.5 Å². The first-order chi connectivity index (χ1) is 8.70. The van der Waals surface area contributed by atoms with E-state index >= 15 is 0 Å². The first-order valence-electron chi connectivity index (χ1n) is 5.47. The highest BCUT2D eigenvalue weighted by atomic mass is 16.6. The molecule has 0 unspecified atom stereocenters. The number of rotatable bonds is 2. The van der Waals surface area contributed by atoms with Gasteiger partial charge in [-0.05, 0) is 12.1 Å². The molecule has 1 aromatic heterocycles. The van der Waals surface area contributed by atoms with Gasteiger partial charge in [0.05, 0.1) is 17.6 Å². The van der Waals surface area contributed by atoms with Crippen molar-refractivity contribution in [2.45, 2.75) is 12.2 Å². The molecule has 2 aromatic rings. The molecule has 3 rings (SSSR count). The number of nitrogens with zero attached hydrogens (tertiary/aromatic N) is 2. The summed E-state index contributed by atoms with van der Waals surface area (Å²) in [5, 5.41) is 18.5. The van der Waals surface area contributed by atoms with Crippen molar-refractivity contribution in [3.8, 4) is 0 Å². The highest BCUT2D eigenvalue weighted by Crippen LogP contribution is 2.31. The molecule has 2 heterocycles. The molecule has 1 aromatic carbocycles. The number of aliphatic hydroxyl groups excluding tert-OH is 2. The third kappa shape index (κ3) is 1.54. The van der Waals surface area contributed by atoms with Crippen LogP contribution >= 0.6 is 0 Å². The summed E-state index contributed by atoms with van der Waals surface area (Å²) in [6.45, 7) is -0.508. The van der Waals surface area contributed by atoms with E-state index in [0.29, 0.717) is 11.0 Å². The van der Waals surface area contributed by atoms with Crippen LogP contribution in [0.15, 0.2) is 24.3 Å². The van der Waals surface area contributed by atoms with Crippen LogP contribution in [-0.4, -0.2) is 38.9 Å². The zero-order valence-electron chi connectivity index (χ0n) is 9.28. The van der Waals surface area contributed by atoms with Gasteiger partial charge in [0, 0.05) is 0 Å². The number of hydrogen-bond acceptors (Lipinski definition) is 6. The number of carbonyl (C=O) groups excluding carboxylic acids is 1. The minimum atomic E-state index is -1.19. The number of benzene rings is 1. The SMILES string of the molecule is O=C1O[C@H]([C@@H](O)CO)c2nc3ccccc3nc21. The molecule has 0 spiro atoms. The molecule has 6 nitrogen and oxygen atoms in total. The molecular formula is C12H10N2O4. The molecule has 0 aliphatic carbocycles. The fourth-order valence-corrected chi connectivity index (χ4v) is 1.95. The Balaban J connectivity index is 2.19. The normalized spacial score (nSPS) is 19.7. The highest BCUT2D eigenvalue weighted by molar-refractivity contribution is 5.93. The summed E-state index contributed by atoms with van der Waals surface area (Å²) in [4.78, 5) is 20.1. The summed E-state index contributed by atoms with van der Waals surface area (Å²) in [6, 6.07) is 7.10. The Kier molecular flexibility index (Phi) is 2.46. The van der Waals surface area contributed by atoms with E-state index in [2.05, 4.69) is 9.97 Å². The Morgan fingerprint density at radius 1 is 1.28 bits per heavy atom. The Hall–Kier alpha value is -2.05. The average molecular weight is 246 g/mol. The maximum atomic E-state index is 11.6. The van der Waals surface area contributed by atoms with Crippen LogP contribution in [0.2, 0.25) is 0 Å². The fourth-order valence-electron chi connectivity index (χ4n) is 1.95. The molecule has 1 aliphatic heterocycles. The highest BCUT2D eigenvalue weighted by Gasteiger charge is 2.38. The zero-order chi connectivity index (χ0) is 12.7. The van der Waals surface area contributed by atoms with Crippen LogP contribution in [0.25, 0.3) is 11.0 Å². The molecule has 0 radical (unpaired) electrons. The van der Waals surface area contributed by atoms with Crippen molar-refractivity contribution in [1.82, 2.24) is 9.97 Å². The predicted molar refractivity (Wildman–Crippen MR) is 60.8 cm³/mol. The summed E-state index contributed by atoms with van der Waals surface area (Å²) < 4.78 is 4.98. The van der Waals surface area contributed by atoms with Gasteiger partial charge in [-0.15, -0.1) is 0 Å². The molecule has 2 atom stereocenters. The number of hydrogen-bond donors (Lipinski definition) is 2. The molecule has 6 heteroatoms. The number of esters is 1. The predicted octanol–water partition coefficient (Wildman–Crippen LogP) is 0.194. The van der Waals surface area contributed by atoms with Crippen molar-refractivity contribution in [1.29, 1.82) is 0 Å². The lowest BCUT2D eigenvalue weighted by Gasteiger charge is -2.14. The Morgan fingerprint density at radius 2 is 1.94 bits per heavy atom. The maximum Gasteiger partial charge on any atom is 0.359 e. The van der Waals surface area contributed by atoms with Crippen LogP contribution in [0.1, 0.15) is 22.3 Å². The number of carbonyl (C=O) groups is 1. The third-order valence-corrected chi connectivity index (χ3v) is 2.83. The quantitative estimate of drug-likeness (QED) is 0.735. The standard InChI is InChI=1S/C12H10N2O4/c15-5-8(16)11-9-10(12(17)18-11)14-7-4-2-1-3-6(7)13-9/h1-4,8,11,15-16H,5H2/t8-,11+/m0/s1. The lowest BCUT2D eigenvalue weighted by atomic mass is 10.1. The van der Waals surface area contributed by atoms with Crippen LogP contribution in [0.4, 0.5) is 0 Å². The molecule has 18 heavy (non-hydrogen) atoms. The zero-order valence-corrected chi connectivity index (χ0v) is 9.28. The number of aromatic nitrogens is 2. The second-order valence-corrected chi connectivity index (χ2v) is 4.02. The molecule has 0 bridgehead atoms. The average Bonchev–Trinajstić information content (AvgIpc) is 2.72. The van der Waals surface area contributed by atoms with E-state index < -0.39 is 24.8 Å². The van der Waals surface area contributed by atoms with Gasteiger partial charge in [0.25, 0.3) is 0 Å². The number of aliphatic hydroxyl groups is 2. The fraction of sp³-hybridized carbons (Fsp3) is 0.250. The molecule has 0 saturated carbocycles.